The molecule has 0 spiro atoms. The van der Waals surface area contributed by atoms with Crippen molar-refractivity contribution in [1.29, 1.82) is 0 Å². The first-order valence-corrected chi connectivity index (χ1v) is 3.88. The maximum absolute atomic E-state index is 10.3. The van der Waals surface area contributed by atoms with E-state index >= 15 is 0 Å². The topological polar surface area (TPSA) is 81.0 Å². The Bertz CT molecular complexity index is 163. The molecule has 5 nitrogen and oxygen atoms in total. The van der Waals surface area contributed by atoms with Gasteiger partial charge in [0, 0.05) is 19.5 Å². The number of hydrogen-bond acceptors (Lipinski definition) is 4. The number of rotatable bonds is 2. The molecule has 5 heteroatoms. The molecule has 12 heavy (non-hydrogen) atoms. The Morgan fingerprint density at radius 1 is 1.33 bits per heavy atom. The monoisotopic (exact) mass is 175 g/mol. The van der Waals surface area contributed by atoms with Crippen LogP contribution in [0.5, 0.6) is 0 Å². The molecule has 1 rings (SSSR count). The average Bonchev–Trinajstić information content (AvgIpc) is 1.81. The van der Waals surface area contributed by atoms with E-state index in [1.807, 2.05) is 0 Å². The van der Waals surface area contributed by atoms with E-state index in [1.54, 1.807) is 0 Å². The molecule has 0 aromatic carbocycles. The zero-order chi connectivity index (χ0) is 9.14. The highest BCUT2D eigenvalue weighted by atomic mass is 16.4. The van der Waals surface area contributed by atoms with E-state index in [2.05, 4.69) is 0 Å². The second-order valence-electron chi connectivity index (χ2n) is 3.13. The summed E-state index contributed by atoms with van der Waals surface area (Å²) in [6.07, 6.45) is -0.864. The first-order valence-electron chi connectivity index (χ1n) is 3.88. The predicted octanol–water partition coefficient (Wildman–Crippen LogP) is -1.50. The van der Waals surface area contributed by atoms with Crippen LogP contribution < -0.4 is 0 Å². The fraction of sp³-hybridized carbons (Fsp3) is 0.857. The van der Waals surface area contributed by atoms with Crippen molar-refractivity contribution in [3.05, 3.63) is 0 Å². The second kappa shape index (κ2) is 3.84. The maximum atomic E-state index is 10.3. The molecule has 1 aliphatic heterocycles. The van der Waals surface area contributed by atoms with E-state index in [1.165, 1.54) is 4.90 Å². The summed E-state index contributed by atoms with van der Waals surface area (Å²) in [6.45, 7) is 0.556. The average molecular weight is 175 g/mol. The molecule has 0 bridgehead atoms. The van der Waals surface area contributed by atoms with Crippen molar-refractivity contribution in [3.63, 3.8) is 0 Å². The summed E-state index contributed by atoms with van der Waals surface area (Å²) < 4.78 is 0. The van der Waals surface area contributed by atoms with Crippen LogP contribution in [0.15, 0.2) is 0 Å². The van der Waals surface area contributed by atoms with Gasteiger partial charge in [-0.1, -0.05) is 0 Å². The van der Waals surface area contributed by atoms with Gasteiger partial charge in [-0.3, -0.25) is 9.69 Å². The van der Waals surface area contributed by atoms with Gasteiger partial charge in [0.05, 0.1) is 18.8 Å². The van der Waals surface area contributed by atoms with Crippen LogP contribution in [0.3, 0.4) is 0 Å². The number of β-amino-alcohol motifs (C(OH)–C–C–N with tert-alkyl or cyclic N) is 2. The third-order valence-electron chi connectivity index (χ3n) is 1.84. The molecule has 0 aliphatic carbocycles. The highest BCUT2D eigenvalue weighted by Crippen LogP contribution is 2.09. The third kappa shape index (κ3) is 2.77. The molecule has 0 aromatic rings. The standard InChI is InChI=1S/C7H13NO4/c9-5-1-6(10)3-8(2-5)4-7(11)12/h5-6,9-10H,1-4H2,(H,11,12)/t5-,6+. The number of carbonyl (C=O) groups is 1. The molecular formula is C7H13NO4. The van der Waals surface area contributed by atoms with Crippen molar-refractivity contribution < 1.29 is 20.1 Å². The first-order chi connectivity index (χ1) is 5.58. The molecule has 3 N–H and O–H groups in total. The highest BCUT2D eigenvalue weighted by Gasteiger charge is 2.25. The Kier molecular flexibility index (Phi) is 3.02. The van der Waals surface area contributed by atoms with Crippen LogP contribution in [0.25, 0.3) is 0 Å². The van der Waals surface area contributed by atoms with Crippen molar-refractivity contribution in [2.45, 2.75) is 18.6 Å². The maximum Gasteiger partial charge on any atom is 0.317 e. The molecule has 0 radical (unpaired) electrons. The zero-order valence-corrected chi connectivity index (χ0v) is 6.68. The van der Waals surface area contributed by atoms with Crippen molar-refractivity contribution in [2.24, 2.45) is 0 Å². The Morgan fingerprint density at radius 3 is 2.25 bits per heavy atom. The van der Waals surface area contributed by atoms with E-state index < -0.39 is 18.2 Å². The van der Waals surface area contributed by atoms with E-state index in [-0.39, 0.29) is 6.54 Å². The number of aliphatic hydroxyl groups is 2. The summed E-state index contributed by atoms with van der Waals surface area (Å²) in [4.78, 5) is 11.8. The van der Waals surface area contributed by atoms with Crippen molar-refractivity contribution in [2.75, 3.05) is 19.6 Å². The zero-order valence-electron chi connectivity index (χ0n) is 6.68. The van der Waals surface area contributed by atoms with Crippen LogP contribution >= 0.6 is 0 Å². The quantitative estimate of drug-likeness (QED) is 0.476. The SMILES string of the molecule is O=C(O)CN1C[C@H](O)C[C@H](O)C1. The molecule has 1 saturated heterocycles. The van der Waals surface area contributed by atoms with Crippen molar-refractivity contribution >= 4 is 5.97 Å². The molecule has 0 aromatic heterocycles. The van der Waals surface area contributed by atoms with Gasteiger partial charge in [0.15, 0.2) is 0 Å². The van der Waals surface area contributed by atoms with E-state index in [0.717, 1.165) is 0 Å². The van der Waals surface area contributed by atoms with Gasteiger partial charge in [0.25, 0.3) is 0 Å². The fourth-order valence-corrected chi connectivity index (χ4v) is 1.45. The number of likely N-dealkylation sites (tertiary alicyclic amines) is 1. The van der Waals surface area contributed by atoms with E-state index in [9.17, 15) is 4.79 Å². The van der Waals surface area contributed by atoms with Crippen molar-refractivity contribution in [1.82, 2.24) is 4.90 Å². The van der Waals surface area contributed by atoms with Crippen LogP contribution in [0.2, 0.25) is 0 Å². The van der Waals surface area contributed by atoms with Gasteiger partial charge in [-0.25, -0.2) is 0 Å². The predicted molar refractivity (Wildman–Crippen MR) is 40.7 cm³/mol. The van der Waals surface area contributed by atoms with Crippen molar-refractivity contribution in [3.8, 4) is 0 Å². The Labute approximate surface area is 70.2 Å². The minimum atomic E-state index is -0.934. The van der Waals surface area contributed by atoms with Crippen LogP contribution in [-0.2, 0) is 4.79 Å². The van der Waals surface area contributed by atoms with Gasteiger partial charge < -0.3 is 15.3 Å². The van der Waals surface area contributed by atoms with Gasteiger partial charge in [-0.05, 0) is 0 Å². The molecule has 70 valence electrons. The Hall–Kier alpha value is -0.650. The summed E-state index contributed by atoms with van der Waals surface area (Å²) >= 11 is 0. The lowest BCUT2D eigenvalue weighted by Crippen LogP contribution is -2.47. The van der Waals surface area contributed by atoms with Crippen LogP contribution in [0.1, 0.15) is 6.42 Å². The number of carboxylic acid groups (broad SMARTS) is 1. The van der Waals surface area contributed by atoms with Crippen LogP contribution in [0.4, 0.5) is 0 Å². The van der Waals surface area contributed by atoms with Gasteiger partial charge in [0.2, 0.25) is 0 Å². The minimum Gasteiger partial charge on any atom is -0.480 e. The molecule has 0 amide bonds. The lowest BCUT2D eigenvalue weighted by molar-refractivity contribution is -0.139. The van der Waals surface area contributed by atoms with E-state index in [0.29, 0.717) is 19.5 Å². The van der Waals surface area contributed by atoms with Gasteiger partial charge in [0.1, 0.15) is 0 Å². The largest absolute Gasteiger partial charge is 0.480 e. The third-order valence-corrected chi connectivity index (χ3v) is 1.84. The summed E-state index contributed by atoms with van der Waals surface area (Å²) in [7, 11) is 0. The smallest absolute Gasteiger partial charge is 0.317 e. The number of aliphatic carboxylic acids is 1. The molecule has 0 unspecified atom stereocenters. The summed E-state index contributed by atoms with van der Waals surface area (Å²) in [5.74, 6) is -0.934. The lowest BCUT2D eigenvalue weighted by Gasteiger charge is -2.31. The molecule has 1 fully saturated rings. The Morgan fingerprint density at radius 2 is 1.83 bits per heavy atom. The highest BCUT2D eigenvalue weighted by molar-refractivity contribution is 5.69. The number of hydrogen-bond donors (Lipinski definition) is 3. The fourth-order valence-electron chi connectivity index (χ4n) is 1.45. The van der Waals surface area contributed by atoms with Crippen LogP contribution in [0, 0.1) is 0 Å². The minimum absolute atomic E-state index is 0.117. The summed E-state index contributed by atoms with van der Waals surface area (Å²) in [5, 5.41) is 26.8. The number of aliphatic hydroxyl groups excluding tert-OH is 2. The van der Waals surface area contributed by atoms with Gasteiger partial charge in [-0.2, -0.15) is 0 Å². The van der Waals surface area contributed by atoms with Gasteiger partial charge >= 0.3 is 5.97 Å². The number of piperidine rings is 1. The molecule has 1 heterocycles. The Balaban J connectivity index is 2.38. The summed E-state index contributed by atoms with van der Waals surface area (Å²) in [5.41, 5.74) is 0. The number of nitrogens with zero attached hydrogens (tertiary/aromatic N) is 1. The molecule has 1 aliphatic rings. The van der Waals surface area contributed by atoms with E-state index in [4.69, 9.17) is 15.3 Å². The molecule has 2 atom stereocenters. The van der Waals surface area contributed by atoms with Gasteiger partial charge in [-0.15, -0.1) is 0 Å². The molecular weight excluding hydrogens is 162 g/mol. The number of carboxylic acids is 1. The second-order valence-corrected chi connectivity index (χ2v) is 3.13. The first kappa shape index (κ1) is 9.44. The molecule has 0 saturated carbocycles. The lowest BCUT2D eigenvalue weighted by atomic mass is 10.1. The van der Waals surface area contributed by atoms with Crippen LogP contribution in [-0.4, -0.2) is 58.0 Å². The normalized spacial score (nSPS) is 31.8. The summed E-state index contributed by atoms with van der Waals surface area (Å²) in [6, 6.07) is 0.